The second-order valence-corrected chi connectivity index (χ2v) is 5.65. The third kappa shape index (κ3) is 4.58. The van der Waals surface area contributed by atoms with Gasteiger partial charge in [-0.15, -0.1) is 0 Å². The lowest BCUT2D eigenvalue weighted by atomic mass is 10.0. The van der Waals surface area contributed by atoms with Crippen molar-refractivity contribution in [2.24, 2.45) is 5.92 Å². The highest BCUT2D eigenvalue weighted by Crippen LogP contribution is 2.29. The number of hydrogen-bond acceptors (Lipinski definition) is 3. The molecule has 0 aromatic carbocycles. The zero-order valence-corrected chi connectivity index (χ0v) is 10.9. The second-order valence-electron chi connectivity index (χ2n) is 5.65. The van der Waals surface area contributed by atoms with Gasteiger partial charge in [-0.05, 0) is 27.2 Å². The highest BCUT2D eigenvalue weighted by molar-refractivity contribution is 5.69. The van der Waals surface area contributed by atoms with E-state index >= 15 is 0 Å². The van der Waals surface area contributed by atoms with E-state index in [4.69, 9.17) is 4.74 Å². The van der Waals surface area contributed by atoms with Gasteiger partial charge < -0.3 is 14.4 Å². The van der Waals surface area contributed by atoms with Crippen LogP contribution in [0.4, 0.5) is 13.6 Å². The molecule has 1 aliphatic rings. The molecule has 1 rings (SSSR count). The molecule has 0 saturated carbocycles. The van der Waals surface area contributed by atoms with Crippen LogP contribution in [-0.4, -0.2) is 41.9 Å². The number of likely N-dealkylation sites (tertiary alicyclic amines) is 1. The fourth-order valence-electron chi connectivity index (χ4n) is 1.77. The number of ether oxygens (including phenoxy) is 1. The van der Waals surface area contributed by atoms with E-state index in [9.17, 15) is 18.4 Å². The molecule has 1 heterocycles. The van der Waals surface area contributed by atoms with Crippen LogP contribution < -0.4 is 0 Å². The summed E-state index contributed by atoms with van der Waals surface area (Å²) < 4.78 is 32.0. The van der Waals surface area contributed by atoms with Crippen LogP contribution in [0.5, 0.6) is 0 Å². The van der Waals surface area contributed by atoms with E-state index in [1.54, 1.807) is 20.8 Å². The lowest BCUT2D eigenvalue weighted by Gasteiger charge is -2.28. The van der Waals surface area contributed by atoms with Crippen LogP contribution in [-0.2, 0) is 9.53 Å². The number of aldehydes is 1. The lowest BCUT2D eigenvalue weighted by molar-refractivity contribution is -0.111. The summed E-state index contributed by atoms with van der Waals surface area (Å²) in [5, 5.41) is 0. The maximum atomic E-state index is 13.5. The number of amides is 1. The minimum atomic E-state index is -2.96. The molecule has 0 N–H and O–H groups in total. The summed E-state index contributed by atoms with van der Waals surface area (Å²) >= 11 is 0. The van der Waals surface area contributed by atoms with Crippen molar-refractivity contribution >= 4 is 12.4 Å². The molecule has 0 spiro atoms. The van der Waals surface area contributed by atoms with E-state index in [1.165, 1.54) is 0 Å². The SMILES string of the molecule is CC(C)(C)OC(=O)N1C[C@@H](C=O)CCC(F)(F)C1. The van der Waals surface area contributed by atoms with Gasteiger partial charge in [-0.3, -0.25) is 0 Å². The summed E-state index contributed by atoms with van der Waals surface area (Å²) in [6.45, 7) is 4.30. The van der Waals surface area contributed by atoms with Crippen molar-refractivity contribution in [1.82, 2.24) is 4.90 Å². The molecule has 1 aliphatic heterocycles. The lowest BCUT2D eigenvalue weighted by Crippen LogP contribution is -2.43. The first kappa shape index (κ1) is 14.9. The number of hydrogen-bond donors (Lipinski definition) is 0. The number of carbonyl (C=O) groups is 2. The van der Waals surface area contributed by atoms with Gasteiger partial charge in [0.2, 0.25) is 0 Å². The zero-order chi connectivity index (χ0) is 14.0. The zero-order valence-electron chi connectivity index (χ0n) is 10.9. The molecule has 1 saturated heterocycles. The standard InChI is InChI=1S/C12H19F2NO3/c1-11(2,3)18-10(17)15-6-9(7-16)4-5-12(13,14)8-15/h7,9H,4-6,8H2,1-3H3/t9-/m0/s1. The van der Waals surface area contributed by atoms with Crippen LogP contribution in [0.2, 0.25) is 0 Å². The monoisotopic (exact) mass is 263 g/mol. The first-order valence-electron chi connectivity index (χ1n) is 5.94. The van der Waals surface area contributed by atoms with E-state index in [-0.39, 0.29) is 19.4 Å². The van der Waals surface area contributed by atoms with Crippen molar-refractivity contribution in [3.8, 4) is 0 Å². The molecular formula is C12H19F2NO3. The fraction of sp³-hybridized carbons (Fsp3) is 0.833. The normalized spacial score (nSPS) is 24.3. The van der Waals surface area contributed by atoms with Crippen LogP contribution in [0, 0.1) is 5.92 Å². The smallest absolute Gasteiger partial charge is 0.410 e. The Morgan fingerprint density at radius 2 is 2.06 bits per heavy atom. The van der Waals surface area contributed by atoms with Gasteiger partial charge >= 0.3 is 6.09 Å². The summed E-state index contributed by atoms with van der Waals surface area (Å²) in [6.07, 6.45) is -0.458. The number of alkyl halides is 2. The van der Waals surface area contributed by atoms with Gasteiger partial charge in [-0.2, -0.15) is 0 Å². The highest BCUT2D eigenvalue weighted by atomic mass is 19.3. The molecule has 4 nitrogen and oxygen atoms in total. The van der Waals surface area contributed by atoms with Crippen LogP contribution in [0.15, 0.2) is 0 Å². The Hall–Kier alpha value is -1.20. The number of rotatable bonds is 1. The first-order valence-corrected chi connectivity index (χ1v) is 5.94. The van der Waals surface area contributed by atoms with Crippen LogP contribution >= 0.6 is 0 Å². The summed E-state index contributed by atoms with van der Waals surface area (Å²) in [5.74, 6) is -3.51. The average molecular weight is 263 g/mol. The Kier molecular flexibility index (Phi) is 4.29. The van der Waals surface area contributed by atoms with E-state index in [0.717, 1.165) is 4.90 Å². The maximum absolute atomic E-state index is 13.5. The van der Waals surface area contributed by atoms with Crippen molar-refractivity contribution in [3.05, 3.63) is 0 Å². The van der Waals surface area contributed by atoms with Gasteiger partial charge in [-0.1, -0.05) is 0 Å². The van der Waals surface area contributed by atoms with Gasteiger partial charge in [0, 0.05) is 18.9 Å². The van der Waals surface area contributed by atoms with Crippen molar-refractivity contribution in [2.45, 2.75) is 45.1 Å². The summed E-state index contributed by atoms with van der Waals surface area (Å²) in [7, 11) is 0. The minimum Gasteiger partial charge on any atom is -0.444 e. The summed E-state index contributed by atoms with van der Waals surface area (Å²) in [5.41, 5.74) is -0.741. The topological polar surface area (TPSA) is 46.6 Å². The predicted molar refractivity (Wildman–Crippen MR) is 61.5 cm³/mol. The van der Waals surface area contributed by atoms with Gasteiger partial charge in [0.25, 0.3) is 5.92 Å². The van der Waals surface area contributed by atoms with Crippen molar-refractivity contribution in [3.63, 3.8) is 0 Å². The van der Waals surface area contributed by atoms with Crippen molar-refractivity contribution < 1.29 is 23.1 Å². The van der Waals surface area contributed by atoms with Crippen LogP contribution in [0.25, 0.3) is 0 Å². The third-order valence-electron chi connectivity index (χ3n) is 2.60. The number of carbonyl (C=O) groups excluding carboxylic acids is 2. The summed E-state index contributed by atoms with van der Waals surface area (Å²) in [6, 6.07) is 0. The third-order valence-corrected chi connectivity index (χ3v) is 2.60. The Morgan fingerprint density at radius 1 is 1.44 bits per heavy atom. The molecule has 0 radical (unpaired) electrons. The fourth-order valence-corrected chi connectivity index (χ4v) is 1.77. The minimum absolute atomic E-state index is 0.00595. The quantitative estimate of drug-likeness (QED) is 0.683. The molecular weight excluding hydrogens is 244 g/mol. The Morgan fingerprint density at radius 3 is 2.56 bits per heavy atom. The highest BCUT2D eigenvalue weighted by Gasteiger charge is 2.39. The van der Waals surface area contributed by atoms with E-state index in [0.29, 0.717) is 6.29 Å². The predicted octanol–water partition coefficient (Wildman–Crippen LogP) is 2.47. The van der Waals surface area contributed by atoms with Crippen molar-refractivity contribution in [2.75, 3.05) is 13.1 Å². The molecule has 0 bridgehead atoms. The van der Waals surface area contributed by atoms with E-state index in [2.05, 4.69) is 0 Å². The molecule has 6 heteroatoms. The van der Waals surface area contributed by atoms with Gasteiger partial charge in [-0.25, -0.2) is 13.6 Å². The average Bonchev–Trinajstić information content (AvgIpc) is 2.34. The number of nitrogens with zero attached hydrogens (tertiary/aromatic N) is 1. The van der Waals surface area contributed by atoms with Gasteiger partial charge in [0.1, 0.15) is 11.9 Å². The molecule has 18 heavy (non-hydrogen) atoms. The molecule has 1 atom stereocenters. The molecule has 0 aromatic rings. The Bertz CT molecular complexity index is 326. The molecule has 104 valence electrons. The van der Waals surface area contributed by atoms with Crippen molar-refractivity contribution in [1.29, 1.82) is 0 Å². The Labute approximate surface area is 105 Å². The van der Waals surface area contributed by atoms with Gasteiger partial charge in [0.05, 0.1) is 6.54 Å². The number of halogens is 2. The summed E-state index contributed by atoms with van der Waals surface area (Å²) in [4.78, 5) is 23.5. The maximum Gasteiger partial charge on any atom is 0.410 e. The molecule has 0 unspecified atom stereocenters. The molecule has 0 aliphatic carbocycles. The van der Waals surface area contributed by atoms with Crippen LogP contribution in [0.3, 0.4) is 0 Å². The molecule has 1 amide bonds. The Balaban J connectivity index is 2.77. The molecule has 1 fully saturated rings. The first-order chi connectivity index (χ1) is 8.13. The largest absolute Gasteiger partial charge is 0.444 e. The van der Waals surface area contributed by atoms with E-state index < -0.39 is 30.1 Å². The van der Waals surface area contributed by atoms with Crippen LogP contribution in [0.1, 0.15) is 33.6 Å². The van der Waals surface area contributed by atoms with Gasteiger partial charge in [0.15, 0.2) is 0 Å². The van der Waals surface area contributed by atoms with E-state index in [1.807, 2.05) is 0 Å². The molecule has 0 aromatic heterocycles. The second kappa shape index (κ2) is 5.20.